The van der Waals surface area contributed by atoms with Crippen LogP contribution in [0.2, 0.25) is 0 Å². The first-order chi connectivity index (χ1) is 6.34. The molecule has 0 saturated carbocycles. The molecule has 1 rings (SSSR count). The topological polar surface area (TPSA) is 32.7 Å². The molecule has 3 heteroatoms. The summed E-state index contributed by atoms with van der Waals surface area (Å²) in [6.07, 6.45) is 5.99. The summed E-state index contributed by atoms with van der Waals surface area (Å²) in [5, 5.41) is 0. The molecular weight excluding hydrogens is 164 g/mol. The number of aliphatic imine (C=N–C) groups is 1. The van der Waals surface area contributed by atoms with Crippen LogP contribution in [0.25, 0.3) is 0 Å². The Labute approximate surface area is 78.8 Å². The Morgan fingerprint density at radius 2 is 2.38 bits per heavy atom. The fourth-order valence-electron chi connectivity index (χ4n) is 1.63. The van der Waals surface area contributed by atoms with Gasteiger partial charge in [0.15, 0.2) is 0 Å². The van der Waals surface area contributed by atoms with Crippen LogP contribution < -0.4 is 0 Å². The number of likely N-dealkylation sites (tertiary alicyclic amines) is 1. The summed E-state index contributed by atoms with van der Waals surface area (Å²) in [6.45, 7) is 1.16. The molecule has 1 fully saturated rings. The number of nitrogens with zero attached hydrogens (tertiary/aromatic N) is 2. The van der Waals surface area contributed by atoms with Gasteiger partial charge in [0.2, 0.25) is 6.08 Å². The third-order valence-electron chi connectivity index (χ3n) is 2.44. The van der Waals surface area contributed by atoms with Crippen molar-refractivity contribution in [2.45, 2.75) is 31.7 Å². The molecule has 1 unspecified atom stereocenters. The van der Waals surface area contributed by atoms with Gasteiger partial charge in [0.05, 0.1) is 0 Å². The van der Waals surface area contributed by atoms with Crippen molar-refractivity contribution in [2.75, 3.05) is 13.6 Å². The number of rotatable bonds is 1. The van der Waals surface area contributed by atoms with E-state index in [1.165, 1.54) is 25.3 Å². The van der Waals surface area contributed by atoms with Crippen LogP contribution in [-0.4, -0.2) is 30.6 Å². The summed E-state index contributed by atoms with van der Waals surface area (Å²) >= 11 is 0. The Bertz CT molecular complexity index is 258. The third-order valence-corrected chi connectivity index (χ3v) is 2.44. The van der Waals surface area contributed by atoms with E-state index >= 15 is 0 Å². The van der Waals surface area contributed by atoms with Crippen LogP contribution in [0.15, 0.2) is 4.99 Å². The lowest BCUT2D eigenvalue weighted by atomic mass is 10.0. The second-order valence-corrected chi connectivity index (χ2v) is 3.33. The summed E-state index contributed by atoms with van der Waals surface area (Å²) in [6, 6.07) is 2.97. The highest BCUT2D eigenvalue weighted by Gasteiger charge is 2.16. The van der Waals surface area contributed by atoms with E-state index in [4.69, 9.17) is 0 Å². The highest BCUT2D eigenvalue weighted by atomic mass is 16.1. The van der Waals surface area contributed by atoms with Crippen LogP contribution in [0.5, 0.6) is 0 Å². The summed E-state index contributed by atoms with van der Waals surface area (Å²) < 4.78 is 0. The number of carbonyl (C=O) groups excluding carboxylic acids is 1. The highest BCUT2D eigenvalue weighted by molar-refractivity contribution is 5.36. The molecule has 1 aliphatic rings. The molecule has 0 aromatic carbocycles. The molecule has 0 aromatic rings. The second kappa shape index (κ2) is 5.53. The van der Waals surface area contributed by atoms with E-state index in [0.29, 0.717) is 6.04 Å². The van der Waals surface area contributed by atoms with Crippen molar-refractivity contribution in [2.24, 2.45) is 4.99 Å². The Balaban J connectivity index is 2.35. The molecule has 70 valence electrons. The fraction of sp³-hybridized carbons (Fsp3) is 0.700. The molecule has 1 aliphatic heterocycles. The van der Waals surface area contributed by atoms with Gasteiger partial charge in [0.1, 0.15) is 0 Å². The lowest BCUT2D eigenvalue weighted by Gasteiger charge is -2.30. The fourth-order valence-corrected chi connectivity index (χ4v) is 1.63. The summed E-state index contributed by atoms with van der Waals surface area (Å²) in [5.41, 5.74) is 0. The maximum atomic E-state index is 9.72. The molecule has 0 N–H and O–H groups in total. The Morgan fingerprint density at radius 3 is 3.08 bits per heavy atom. The van der Waals surface area contributed by atoms with E-state index < -0.39 is 0 Å². The largest absolute Gasteiger partial charge is 0.302 e. The maximum absolute atomic E-state index is 9.72. The molecule has 3 nitrogen and oxygen atoms in total. The van der Waals surface area contributed by atoms with Crippen molar-refractivity contribution < 1.29 is 4.79 Å². The van der Waals surface area contributed by atoms with E-state index in [-0.39, 0.29) is 0 Å². The van der Waals surface area contributed by atoms with Crippen LogP contribution in [0.1, 0.15) is 25.7 Å². The van der Waals surface area contributed by atoms with Crippen LogP contribution in [-0.2, 0) is 4.79 Å². The van der Waals surface area contributed by atoms with E-state index in [1.54, 1.807) is 0 Å². The van der Waals surface area contributed by atoms with Crippen molar-refractivity contribution in [3.63, 3.8) is 0 Å². The van der Waals surface area contributed by atoms with Gasteiger partial charge in [-0.1, -0.05) is 12.3 Å². The third kappa shape index (κ3) is 3.42. The molecule has 0 amide bonds. The van der Waals surface area contributed by atoms with E-state index in [2.05, 4.69) is 28.9 Å². The Hall–Kier alpha value is -1.10. The first kappa shape index (κ1) is 9.98. The first-order valence-electron chi connectivity index (χ1n) is 4.59. The van der Waals surface area contributed by atoms with Crippen LogP contribution >= 0.6 is 0 Å². The Morgan fingerprint density at radius 1 is 1.54 bits per heavy atom. The van der Waals surface area contributed by atoms with E-state index in [0.717, 1.165) is 13.0 Å². The highest BCUT2D eigenvalue weighted by Crippen LogP contribution is 2.16. The lowest BCUT2D eigenvalue weighted by molar-refractivity contribution is 0.189. The minimum atomic E-state index is 0.545. The molecule has 0 bridgehead atoms. The molecular formula is C10H14N2O. The van der Waals surface area contributed by atoms with E-state index in [1.807, 2.05) is 0 Å². The van der Waals surface area contributed by atoms with Gasteiger partial charge in [-0.05, 0) is 26.4 Å². The zero-order chi connectivity index (χ0) is 9.52. The van der Waals surface area contributed by atoms with Gasteiger partial charge in [-0.3, -0.25) is 0 Å². The first-order valence-corrected chi connectivity index (χ1v) is 4.59. The lowest BCUT2D eigenvalue weighted by Crippen LogP contribution is -2.35. The average Bonchev–Trinajstić information content (AvgIpc) is 2.15. The van der Waals surface area contributed by atoms with Crippen molar-refractivity contribution in [1.29, 1.82) is 0 Å². The zero-order valence-electron chi connectivity index (χ0n) is 7.92. The summed E-state index contributed by atoms with van der Waals surface area (Å²) in [5.74, 6) is 2.87. The molecule has 1 heterocycles. The predicted molar refractivity (Wildman–Crippen MR) is 50.8 cm³/mol. The molecule has 0 aromatic heterocycles. The van der Waals surface area contributed by atoms with Crippen LogP contribution in [0, 0.1) is 12.0 Å². The summed E-state index contributed by atoms with van der Waals surface area (Å²) in [4.78, 5) is 15.2. The van der Waals surface area contributed by atoms with Gasteiger partial charge in [0, 0.05) is 18.5 Å². The van der Waals surface area contributed by atoms with Gasteiger partial charge >= 0.3 is 0 Å². The molecule has 13 heavy (non-hydrogen) atoms. The number of piperidine rings is 1. The quantitative estimate of drug-likeness (QED) is 0.343. The molecule has 0 radical (unpaired) electrons. The summed E-state index contributed by atoms with van der Waals surface area (Å²) in [7, 11) is 2.12. The zero-order valence-corrected chi connectivity index (χ0v) is 7.92. The van der Waals surface area contributed by atoms with Gasteiger partial charge < -0.3 is 4.90 Å². The molecule has 0 spiro atoms. The van der Waals surface area contributed by atoms with E-state index in [9.17, 15) is 4.79 Å². The average molecular weight is 178 g/mol. The molecule has 1 saturated heterocycles. The standard InChI is InChI=1S/C10H14N2O/c1-12-8-3-2-5-10(12)6-4-7-11-9-13/h10H,2-3,5-6,8H2,1H3. The predicted octanol–water partition coefficient (Wildman–Crippen LogP) is 1.16. The van der Waals surface area contributed by atoms with Crippen molar-refractivity contribution >= 4 is 6.08 Å². The van der Waals surface area contributed by atoms with Crippen molar-refractivity contribution in [3.05, 3.63) is 0 Å². The van der Waals surface area contributed by atoms with Gasteiger partial charge in [0.25, 0.3) is 0 Å². The monoisotopic (exact) mass is 178 g/mol. The number of hydrogen-bond acceptors (Lipinski definition) is 3. The van der Waals surface area contributed by atoms with Crippen LogP contribution in [0.3, 0.4) is 0 Å². The maximum Gasteiger partial charge on any atom is 0.249 e. The number of isocyanates is 1. The molecule has 1 atom stereocenters. The molecule has 0 aliphatic carbocycles. The smallest absolute Gasteiger partial charge is 0.249 e. The minimum absolute atomic E-state index is 0.545. The minimum Gasteiger partial charge on any atom is -0.302 e. The van der Waals surface area contributed by atoms with Crippen LogP contribution in [0.4, 0.5) is 0 Å². The van der Waals surface area contributed by atoms with Crippen molar-refractivity contribution in [1.82, 2.24) is 4.90 Å². The SMILES string of the molecule is CN1CCCCC1CC#CN=C=O. The Kier molecular flexibility index (Phi) is 4.25. The van der Waals surface area contributed by atoms with Gasteiger partial charge in [-0.25, -0.2) is 4.79 Å². The number of hydrogen-bond donors (Lipinski definition) is 0. The normalized spacial score (nSPS) is 22.7. The second-order valence-electron chi connectivity index (χ2n) is 3.33. The van der Waals surface area contributed by atoms with Gasteiger partial charge in [-0.15, -0.1) is 4.99 Å². The van der Waals surface area contributed by atoms with Gasteiger partial charge in [-0.2, -0.15) is 0 Å². The van der Waals surface area contributed by atoms with Crippen molar-refractivity contribution in [3.8, 4) is 12.0 Å².